The van der Waals surface area contributed by atoms with Crippen LogP contribution in [0.1, 0.15) is 116 Å². The molecule has 0 radical (unpaired) electrons. The van der Waals surface area contributed by atoms with Gasteiger partial charge in [-0.2, -0.15) is 0 Å². The van der Waals surface area contributed by atoms with Gasteiger partial charge in [-0.15, -0.1) is 0 Å². The third kappa shape index (κ3) is 24.1. The van der Waals surface area contributed by atoms with E-state index in [-0.39, 0.29) is 58.3 Å². The van der Waals surface area contributed by atoms with Crippen LogP contribution >= 0.6 is 0 Å². The highest BCUT2D eigenvalue weighted by atomic mass is 16.6. The van der Waals surface area contributed by atoms with Crippen molar-refractivity contribution in [3.8, 4) is 0 Å². The molecule has 0 aromatic heterocycles. The van der Waals surface area contributed by atoms with Gasteiger partial charge >= 0.3 is 29.8 Å². The van der Waals surface area contributed by atoms with E-state index in [0.717, 1.165) is 12.8 Å². The second-order valence-corrected chi connectivity index (χ2v) is 16.7. The van der Waals surface area contributed by atoms with Crippen molar-refractivity contribution < 1.29 is 48.0 Å². The summed E-state index contributed by atoms with van der Waals surface area (Å²) in [7, 11) is 0. The highest BCUT2D eigenvalue weighted by Gasteiger charge is 2.33. The van der Waals surface area contributed by atoms with Crippen LogP contribution in [0.5, 0.6) is 0 Å². The van der Waals surface area contributed by atoms with Crippen LogP contribution < -0.4 is 0 Å². The van der Waals surface area contributed by atoms with E-state index in [2.05, 4.69) is 0 Å². The minimum absolute atomic E-state index is 0.140. The van der Waals surface area contributed by atoms with E-state index in [1.807, 2.05) is 13.8 Å². The van der Waals surface area contributed by atoms with Crippen LogP contribution in [0.2, 0.25) is 0 Å². The third-order valence-corrected chi connectivity index (χ3v) is 6.70. The van der Waals surface area contributed by atoms with Crippen LogP contribution in [0.3, 0.4) is 0 Å². The van der Waals surface area contributed by atoms with Crippen molar-refractivity contribution in [2.45, 2.75) is 145 Å². The molecule has 0 bridgehead atoms. The van der Waals surface area contributed by atoms with Crippen LogP contribution in [0.25, 0.3) is 0 Å². The molecule has 2 atom stereocenters. The first-order valence-electron chi connectivity index (χ1n) is 17.4. The van der Waals surface area contributed by atoms with Crippen molar-refractivity contribution in [3.05, 3.63) is 0 Å². The number of rotatable bonds is 20. The lowest BCUT2D eigenvalue weighted by atomic mass is 9.94. The van der Waals surface area contributed by atoms with Gasteiger partial charge in [-0.25, -0.2) is 0 Å². The lowest BCUT2D eigenvalue weighted by molar-refractivity contribution is -0.162. The van der Waals surface area contributed by atoms with Crippen LogP contribution in [0.15, 0.2) is 0 Å². The van der Waals surface area contributed by atoms with Gasteiger partial charge in [0.1, 0.15) is 28.4 Å². The third-order valence-electron chi connectivity index (χ3n) is 6.70. The first kappa shape index (κ1) is 46.2. The number of nitrogens with zero attached hydrogens (tertiary/aromatic N) is 3. The molecule has 0 aliphatic carbocycles. The average molecular weight is 702 g/mol. The molecule has 49 heavy (non-hydrogen) atoms. The number of aliphatic carboxylic acids is 1. The predicted octanol–water partition coefficient (Wildman–Crippen LogP) is 4.54. The smallest absolute Gasteiger partial charge is 0.321 e. The Labute approximate surface area is 295 Å². The summed E-state index contributed by atoms with van der Waals surface area (Å²) in [5.41, 5.74) is -2.96. The van der Waals surface area contributed by atoms with Gasteiger partial charge in [0.25, 0.3) is 0 Å². The van der Waals surface area contributed by atoms with E-state index >= 15 is 0 Å². The summed E-state index contributed by atoms with van der Waals surface area (Å²) in [6, 6.07) is -0.915. The summed E-state index contributed by atoms with van der Waals surface area (Å²) < 4.78 is 22.1. The fourth-order valence-electron chi connectivity index (χ4n) is 5.03. The van der Waals surface area contributed by atoms with Crippen molar-refractivity contribution in [2.75, 3.05) is 52.4 Å². The Kier molecular flexibility index (Phi) is 19.0. The summed E-state index contributed by atoms with van der Waals surface area (Å²) in [4.78, 5) is 69.2. The van der Waals surface area contributed by atoms with Crippen molar-refractivity contribution in [1.29, 1.82) is 0 Å². The summed E-state index contributed by atoms with van der Waals surface area (Å²) in [6.45, 7) is 24.7. The monoisotopic (exact) mass is 701 g/mol. The maximum absolute atomic E-state index is 12.8. The summed E-state index contributed by atoms with van der Waals surface area (Å²) in [5, 5.41) is 10.5. The molecule has 0 aromatic carbocycles. The molecule has 0 aromatic rings. The molecule has 0 aliphatic rings. The maximum atomic E-state index is 12.8. The number of hydrogen-bond acceptors (Lipinski definition) is 12. The molecule has 0 rings (SSSR count). The Morgan fingerprint density at radius 1 is 0.551 bits per heavy atom. The largest absolute Gasteiger partial charge is 0.480 e. The highest BCUT2D eigenvalue weighted by molar-refractivity contribution is 5.76. The fourth-order valence-corrected chi connectivity index (χ4v) is 5.03. The Balaban J connectivity index is 6.44. The zero-order chi connectivity index (χ0) is 38.4. The summed E-state index contributed by atoms with van der Waals surface area (Å²) in [6.07, 6.45) is 2.41. The minimum Gasteiger partial charge on any atom is -0.480 e. The standard InChI is InChI=1S/C36H67N3O10/c1-15-16-17-26(2)31(32(44)45)39(20-18-37(22-27(40)46-33(3,4)5)23-28(41)47-34(6,7)8)21-19-38(24-29(42)48-35(9,10)11)25-30(43)49-36(12,13)14/h26,31H,15-25H2,1-14H3,(H,44,45). The molecule has 0 spiro atoms. The minimum atomic E-state index is -1.01. The van der Waals surface area contributed by atoms with Crippen molar-refractivity contribution >= 4 is 29.8 Å². The number of hydrogen-bond donors (Lipinski definition) is 1. The van der Waals surface area contributed by atoms with E-state index in [9.17, 15) is 29.1 Å². The van der Waals surface area contributed by atoms with Gasteiger partial charge in [-0.1, -0.05) is 26.7 Å². The highest BCUT2D eigenvalue weighted by Crippen LogP contribution is 2.20. The molecule has 13 heteroatoms. The Bertz CT molecular complexity index is 939. The van der Waals surface area contributed by atoms with Crippen molar-refractivity contribution in [2.24, 2.45) is 5.92 Å². The average Bonchev–Trinajstić information content (AvgIpc) is 2.83. The van der Waals surface area contributed by atoms with Gasteiger partial charge < -0.3 is 24.1 Å². The van der Waals surface area contributed by atoms with Gasteiger partial charge in [0, 0.05) is 26.2 Å². The van der Waals surface area contributed by atoms with E-state index in [4.69, 9.17) is 18.9 Å². The van der Waals surface area contributed by atoms with Crippen LogP contribution in [0.4, 0.5) is 0 Å². The number of carboxylic acid groups (broad SMARTS) is 1. The van der Waals surface area contributed by atoms with Crippen LogP contribution in [0, 0.1) is 5.92 Å². The number of ether oxygens (including phenoxy) is 4. The number of unbranched alkanes of at least 4 members (excludes halogenated alkanes) is 1. The first-order valence-corrected chi connectivity index (χ1v) is 17.4. The van der Waals surface area contributed by atoms with E-state index in [1.165, 1.54) is 0 Å². The van der Waals surface area contributed by atoms with Gasteiger partial charge in [-0.3, -0.25) is 38.7 Å². The molecule has 1 N–H and O–H groups in total. The lowest BCUT2D eigenvalue weighted by Gasteiger charge is -2.36. The quantitative estimate of drug-likeness (QED) is 0.140. The molecule has 0 fully saturated rings. The molecule has 0 saturated heterocycles. The Morgan fingerprint density at radius 2 is 0.837 bits per heavy atom. The predicted molar refractivity (Wildman–Crippen MR) is 188 cm³/mol. The zero-order valence-corrected chi connectivity index (χ0v) is 32.9. The van der Waals surface area contributed by atoms with Crippen molar-refractivity contribution in [1.82, 2.24) is 14.7 Å². The Hall–Kier alpha value is -2.77. The molecular formula is C36H67N3O10. The van der Waals surface area contributed by atoms with E-state index < -0.39 is 58.3 Å². The SMILES string of the molecule is CCCCC(C)C(C(=O)O)N(CCN(CC(=O)OC(C)(C)C)CC(=O)OC(C)(C)C)CCN(CC(=O)OC(C)(C)C)CC(=O)OC(C)(C)C. The summed E-state index contributed by atoms with van der Waals surface area (Å²) >= 11 is 0. The molecule has 13 nitrogen and oxygen atoms in total. The van der Waals surface area contributed by atoms with E-state index in [1.54, 1.807) is 97.8 Å². The first-order chi connectivity index (χ1) is 22.1. The van der Waals surface area contributed by atoms with Crippen molar-refractivity contribution in [3.63, 3.8) is 0 Å². The maximum Gasteiger partial charge on any atom is 0.321 e. The second kappa shape index (κ2) is 20.2. The molecule has 0 heterocycles. The van der Waals surface area contributed by atoms with E-state index in [0.29, 0.717) is 6.42 Å². The van der Waals surface area contributed by atoms with Gasteiger partial charge in [0.15, 0.2) is 0 Å². The molecular weight excluding hydrogens is 634 g/mol. The molecule has 0 saturated carbocycles. The van der Waals surface area contributed by atoms with Crippen LogP contribution in [-0.2, 0) is 42.9 Å². The number of carbonyl (C=O) groups excluding carboxylic acids is 4. The Morgan fingerprint density at radius 3 is 1.06 bits per heavy atom. The number of esters is 4. The fraction of sp³-hybridized carbons (Fsp3) is 0.861. The van der Waals surface area contributed by atoms with Gasteiger partial charge in [0.05, 0.1) is 26.2 Å². The number of carbonyl (C=O) groups is 5. The normalized spacial score (nSPS) is 14.1. The zero-order valence-electron chi connectivity index (χ0n) is 32.9. The second-order valence-electron chi connectivity index (χ2n) is 16.7. The molecule has 0 aliphatic heterocycles. The lowest BCUT2D eigenvalue weighted by Crippen LogP contribution is -2.52. The topological polar surface area (TPSA) is 152 Å². The summed E-state index contributed by atoms with van der Waals surface area (Å²) in [5.74, 6) is -3.39. The van der Waals surface area contributed by atoms with Gasteiger partial charge in [-0.05, 0) is 95.4 Å². The van der Waals surface area contributed by atoms with Gasteiger partial charge in [0.2, 0.25) is 0 Å². The molecule has 0 amide bonds. The molecule has 286 valence electrons. The molecule has 2 unspecified atom stereocenters. The van der Waals surface area contributed by atoms with Crippen LogP contribution in [-0.4, -0.2) is 130 Å². The number of carboxylic acids is 1.